The molecule has 0 atom stereocenters. The van der Waals surface area contributed by atoms with Crippen LogP contribution in [0.1, 0.15) is 121 Å². The minimum absolute atomic E-state index is 0.205. The maximum absolute atomic E-state index is 4.02. The SMILES string of the molecule is C=C=C(C)c1sc(N(CCC)CCCCCCCC=C)c(C)c1-c1ccc2c(c1)C(C)(C)CCC2(C)C. The minimum Gasteiger partial charge on any atom is -0.363 e. The molecule has 0 bridgehead atoms. The topological polar surface area (TPSA) is 3.24 Å². The normalized spacial score (nSPS) is 15.6. The third-order valence-electron chi connectivity index (χ3n) is 8.49. The van der Waals surface area contributed by atoms with Crippen molar-refractivity contribution in [3.63, 3.8) is 0 Å². The van der Waals surface area contributed by atoms with Gasteiger partial charge in [-0.15, -0.1) is 23.6 Å². The molecule has 0 N–H and O–H groups in total. The van der Waals surface area contributed by atoms with E-state index in [0.717, 1.165) is 25.1 Å². The van der Waals surface area contributed by atoms with Crippen molar-refractivity contribution in [3.05, 3.63) is 64.7 Å². The van der Waals surface area contributed by atoms with E-state index in [4.69, 9.17) is 0 Å². The Labute approximate surface area is 232 Å². The summed E-state index contributed by atoms with van der Waals surface area (Å²) in [6.07, 6.45) is 13.3. The molecular formula is C35H51NS. The number of benzene rings is 1. The van der Waals surface area contributed by atoms with Crippen LogP contribution in [-0.4, -0.2) is 13.1 Å². The molecular weight excluding hydrogens is 466 g/mol. The average molecular weight is 518 g/mol. The van der Waals surface area contributed by atoms with Crippen molar-refractivity contribution in [2.45, 2.75) is 117 Å². The van der Waals surface area contributed by atoms with Gasteiger partial charge in [0, 0.05) is 29.1 Å². The number of rotatable bonds is 13. The fourth-order valence-electron chi connectivity index (χ4n) is 5.95. The van der Waals surface area contributed by atoms with Crippen molar-refractivity contribution in [1.82, 2.24) is 0 Å². The highest BCUT2D eigenvalue weighted by molar-refractivity contribution is 7.18. The third-order valence-corrected chi connectivity index (χ3v) is 9.96. The van der Waals surface area contributed by atoms with Gasteiger partial charge in [0.1, 0.15) is 0 Å². The van der Waals surface area contributed by atoms with Gasteiger partial charge in [0.15, 0.2) is 0 Å². The van der Waals surface area contributed by atoms with Gasteiger partial charge in [0.25, 0.3) is 0 Å². The Hall–Kier alpha value is -2.02. The molecule has 0 unspecified atom stereocenters. The van der Waals surface area contributed by atoms with E-state index in [1.807, 2.05) is 17.4 Å². The zero-order valence-corrected chi connectivity index (χ0v) is 25.7. The summed E-state index contributed by atoms with van der Waals surface area (Å²) in [5.74, 6) is 0. The number of anilines is 1. The van der Waals surface area contributed by atoms with Crippen LogP contribution in [0.15, 0.2) is 43.2 Å². The Bertz CT molecular complexity index is 1120. The van der Waals surface area contributed by atoms with Crippen LogP contribution < -0.4 is 4.90 Å². The van der Waals surface area contributed by atoms with Gasteiger partial charge in [-0.05, 0) is 85.5 Å². The molecule has 2 heteroatoms. The summed E-state index contributed by atoms with van der Waals surface area (Å²) in [6, 6.07) is 7.33. The van der Waals surface area contributed by atoms with Crippen LogP contribution >= 0.6 is 11.3 Å². The first kappa shape index (κ1) is 29.5. The Balaban J connectivity index is 1.98. The van der Waals surface area contributed by atoms with E-state index in [1.54, 1.807) is 0 Å². The zero-order valence-electron chi connectivity index (χ0n) is 24.9. The summed E-state index contributed by atoms with van der Waals surface area (Å²) in [6.45, 7) is 26.6. The summed E-state index contributed by atoms with van der Waals surface area (Å²) >= 11 is 1.95. The van der Waals surface area contributed by atoms with Gasteiger partial charge in [-0.3, -0.25) is 0 Å². The highest BCUT2D eigenvalue weighted by atomic mass is 32.1. The summed E-state index contributed by atoms with van der Waals surface area (Å²) in [5, 5.41) is 1.44. The summed E-state index contributed by atoms with van der Waals surface area (Å²) in [4.78, 5) is 3.99. The van der Waals surface area contributed by atoms with Gasteiger partial charge >= 0.3 is 0 Å². The number of unbranched alkanes of at least 4 members (excludes halogenated alkanes) is 5. The number of allylic oxidation sites excluding steroid dienone is 2. The second-order valence-electron chi connectivity index (χ2n) is 12.4. The van der Waals surface area contributed by atoms with Crippen molar-refractivity contribution < 1.29 is 0 Å². The predicted octanol–water partition coefficient (Wildman–Crippen LogP) is 11.0. The summed E-state index contributed by atoms with van der Waals surface area (Å²) in [5.41, 5.74) is 12.0. The lowest BCUT2D eigenvalue weighted by Crippen LogP contribution is -2.33. The Kier molecular flexibility index (Phi) is 10.1. The molecule has 1 aliphatic carbocycles. The van der Waals surface area contributed by atoms with Crippen LogP contribution in [0, 0.1) is 6.92 Å². The van der Waals surface area contributed by atoms with Crippen molar-refractivity contribution >= 4 is 21.9 Å². The second-order valence-corrected chi connectivity index (χ2v) is 13.4. The number of hydrogen-bond acceptors (Lipinski definition) is 2. The molecule has 0 spiro atoms. The minimum atomic E-state index is 0.205. The lowest BCUT2D eigenvalue weighted by atomic mass is 9.63. The van der Waals surface area contributed by atoms with E-state index in [0.29, 0.717) is 0 Å². The maximum Gasteiger partial charge on any atom is 0.0951 e. The quantitative estimate of drug-likeness (QED) is 0.145. The van der Waals surface area contributed by atoms with E-state index in [2.05, 4.69) is 90.5 Å². The molecule has 1 aromatic carbocycles. The molecule has 3 rings (SSSR count). The van der Waals surface area contributed by atoms with Crippen molar-refractivity contribution in [3.8, 4) is 11.1 Å². The lowest BCUT2D eigenvalue weighted by Gasteiger charge is -2.42. The molecule has 202 valence electrons. The van der Waals surface area contributed by atoms with Gasteiger partial charge in [-0.1, -0.05) is 84.7 Å². The Morgan fingerprint density at radius 1 is 1.00 bits per heavy atom. The molecule has 0 radical (unpaired) electrons. The maximum atomic E-state index is 4.02. The molecule has 0 aliphatic heterocycles. The molecule has 1 aromatic heterocycles. The Morgan fingerprint density at radius 2 is 1.65 bits per heavy atom. The number of fused-ring (bicyclic) bond motifs is 1. The summed E-state index contributed by atoms with van der Waals surface area (Å²) < 4.78 is 0. The lowest BCUT2D eigenvalue weighted by molar-refractivity contribution is 0.332. The predicted molar refractivity (Wildman–Crippen MR) is 168 cm³/mol. The van der Waals surface area contributed by atoms with Crippen molar-refractivity contribution in [2.24, 2.45) is 0 Å². The third kappa shape index (κ3) is 6.71. The van der Waals surface area contributed by atoms with Crippen LogP contribution in [0.25, 0.3) is 16.7 Å². The van der Waals surface area contributed by atoms with Crippen LogP contribution in [0.4, 0.5) is 5.00 Å². The summed E-state index contributed by atoms with van der Waals surface area (Å²) in [7, 11) is 0. The van der Waals surface area contributed by atoms with Crippen molar-refractivity contribution in [2.75, 3.05) is 18.0 Å². The van der Waals surface area contributed by atoms with Crippen LogP contribution in [-0.2, 0) is 10.8 Å². The molecule has 0 saturated carbocycles. The number of thiophene rings is 1. The zero-order chi connectivity index (χ0) is 27.2. The molecule has 1 heterocycles. The van der Waals surface area contributed by atoms with Gasteiger partial charge in [0.05, 0.1) is 5.00 Å². The first-order valence-corrected chi connectivity index (χ1v) is 15.4. The molecule has 0 fully saturated rings. The van der Waals surface area contributed by atoms with Gasteiger partial charge in [-0.2, -0.15) is 0 Å². The molecule has 2 aromatic rings. The molecule has 1 aliphatic rings. The number of nitrogens with zero attached hydrogens (tertiary/aromatic N) is 1. The standard InChI is InChI=1S/C35H51NS/c1-10-13-14-15-16-17-18-24-36(23-11-2)33-27(5)31(32(37-33)26(4)12-3)28-19-20-29-30(25-28)35(8,9)22-21-34(29,6)7/h10,19-20,25H,1,3,11,13-18,21-24H2,2,4-9H3. The van der Waals surface area contributed by atoms with E-state index >= 15 is 0 Å². The second kappa shape index (κ2) is 12.7. The van der Waals surface area contributed by atoms with E-state index < -0.39 is 0 Å². The van der Waals surface area contributed by atoms with E-state index in [1.165, 1.54) is 89.1 Å². The number of hydrogen-bond donors (Lipinski definition) is 0. The molecule has 0 saturated heterocycles. The van der Waals surface area contributed by atoms with Crippen LogP contribution in [0.3, 0.4) is 0 Å². The van der Waals surface area contributed by atoms with Crippen molar-refractivity contribution in [1.29, 1.82) is 0 Å². The van der Waals surface area contributed by atoms with E-state index in [9.17, 15) is 0 Å². The first-order chi connectivity index (χ1) is 17.6. The highest BCUT2D eigenvalue weighted by Crippen LogP contribution is 2.49. The van der Waals surface area contributed by atoms with E-state index in [-0.39, 0.29) is 10.8 Å². The van der Waals surface area contributed by atoms with Crippen LogP contribution in [0.5, 0.6) is 0 Å². The average Bonchev–Trinajstić information content (AvgIpc) is 3.21. The van der Waals surface area contributed by atoms with Gasteiger partial charge in [0.2, 0.25) is 0 Å². The van der Waals surface area contributed by atoms with Gasteiger partial charge < -0.3 is 4.90 Å². The smallest absolute Gasteiger partial charge is 0.0951 e. The fourth-order valence-corrected chi connectivity index (χ4v) is 7.30. The largest absolute Gasteiger partial charge is 0.363 e. The molecule has 1 nitrogen and oxygen atoms in total. The van der Waals surface area contributed by atoms with Crippen LogP contribution in [0.2, 0.25) is 0 Å². The Morgan fingerprint density at radius 3 is 2.30 bits per heavy atom. The molecule has 37 heavy (non-hydrogen) atoms. The first-order valence-electron chi connectivity index (χ1n) is 14.6. The fraction of sp³-hybridized carbons (Fsp3) is 0.571. The van der Waals surface area contributed by atoms with Gasteiger partial charge in [-0.25, -0.2) is 0 Å². The highest BCUT2D eigenvalue weighted by Gasteiger charge is 2.37. The monoisotopic (exact) mass is 517 g/mol. The molecule has 0 amide bonds.